The molecule has 0 bridgehead atoms. The van der Waals surface area contributed by atoms with Gasteiger partial charge in [-0.2, -0.15) is 0 Å². The second-order valence-corrected chi connectivity index (χ2v) is 5.23. The third-order valence-electron chi connectivity index (χ3n) is 3.53. The molecular formula is C13H28N2O. The monoisotopic (exact) mass is 228 g/mol. The number of nitrogens with one attached hydrogen (secondary N) is 1. The summed E-state index contributed by atoms with van der Waals surface area (Å²) >= 11 is 0. The van der Waals surface area contributed by atoms with E-state index in [0.717, 1.165) is 19.1 Å². The van der Waals surface area contributed by atoms with Crippen molar-refractivity contribution in [3.63, 3.8) is 0 Å². The number of hydrogen-bond donors (Lipinski definition) is 1. The third-order valence-corrected chi connectivity index (χ3v) is 3.53. The van der Waals surface area contributed by atoms with Crippen LogP contribution in [0.5, 0.6) is 0 Å². The Morgan fingerprint density at radius 1 is 1.44 bits per heavy atom. The smallest absolute Gasteiger partial charge is 0.0630 e. The first-order chi connectivity index (χ1) is 7.67. The van der Waals surface area contributed by atoms with Gasteiger partial charge in [-0.3, -0.25) is 4.90 Å². The first-order valence-electron chi connectivity index (χ1n) is 6.63. The minimum absolute atomic E-state index is 0.545. The van der Waals surface area contributed by atoms with Gasteiger partial charge in [-0.1, -0.05) is 27.2 Å². The first-order valence-corrected chi connectivity index (χ1v) is 6.63. The Kier molecular flexibility index (Phi) is 6.32. The summed E-state index contributed by atoms with van der Waals surface area (Å²) < 4.78 is 5.34. The molecule has 0 aromatic carbocycles. The van der Waals surface area contributed by atoms with Crippen molar-refractivity contribution in [2.75, 3.05) is 33.4 Å². The Balaban J connectivity index is 2.37. The van der Waals surface area contributed by atoms with Gasteiger partial charge in [0.25, 0.3) is 0 Å². The van der Waals surface area contributed by atoms with Crippen LogP contribution in [0.1, 0.15) is 33.6 Å². The number of nitrogens with zero attached hydrogens (tertiary/aromatic N) is 1. The topological polar surface area (TPSA) is 24.5 Å². The molecule has 0 spiro atoms. The molecular weight excluding hydrogens is 200 g/mol. The Hall–Kier alpha value is -0.120. The minimum atomic E-state index is 0.545. The number of methoxy groups -OCH3 is 1. The zero-order valence-corrected chi connectivity index (χ0v) is 11.3. The zero-order chi connectivity index (χ0) is 12.0. The van der Waals surface area contributed by atoms with Gasteiger partial charge < -0.3 is 10.1 Å². The van der Waals surface area contributed by atoms with Crippen LogP contribution in [0.2, 0.25) is 0 Å². The van der Waals surface area contributed by atoms with E-state index in [1.807, 2.05) is 0 Å². The van der Waals surface area contributed by atoms with Crippen molar-refractivity contribution in [2.24, 2.45) is 5.92 Å². The van der Waals surface area contributed by atoms with Crippen molar-refractivity contribution >= 4 is 0 Å². The molecule has 1 aliphatic rings. The van der Waals surface area contributed by atoms with Crippen LogP contribution >= 0.6 is 0 Å². The molecule has 1 rings (SSSR count). The summed E-state index contributed by atoms with van der Waals surface area (Å²) in [5.41, 5.74) is 0. The average Bonchev–Trinajstić information content (AvgIpc) is 2.72. The fourth-order valence-corrected chi connectivity index (χ4v) is 2.39. The summed E-state index contributed by atoms with van der Waals surface area (Å²) in [6, 6.07) is 1.10. The molecule has 0 aromatic heterocycles. The van der Waals surface area contributed by atoms with Crippen molar-refractivity contribution < 1.29 is 4.74 Å². The molecule has 1 saturated heterocycles. The fourth-order valence-electron chi connectivity index (χ4n) is 2.39. The van der Waals surface area contributed by atoms with E-state index in [9.17, 15) is 0 Å². The Morgan fingerprint density at radius 3 is 2.69 bits per heavy atom. The van der Waals surface area contributed by atoms with Crippen LogP contribution < -0.4 is 5.32 Å². The quantitative estimate of drug-likeness (QED) is 0.718. The lowest BCUT2D eigenvalue weighted by Crippen LogP contribution is -2.45. The maximum atomic E-state index is 5.34. The number of likely N-dealkylation sites (tertiary alicyclic amines) is 1. The van der Waals surface area contributed by atoms with Crippen LogP contribution in [0.3, 0.4) is 0 Å². The molecule has 1 aliphatic heterocycles. The van der Waals surface area contributed by atoms with Crippen LogP contribution in [0.4, 0.5) is 0 Å². The van der Waals surface area contributed by atoms with Gasteiger partial charge in [-0.15, -0.1) is 0 Å². The second kappa shape index (κ2) is 7.25. The van der Waals surface area contributed by atoms with Crippen molar-refractivity contribution in [2.45, 2.75) is 45.7 Å². The maximum absolute atomic E-state index is 5.34. The largest absolute Gasteiger partial charge is 0.383 e. The molecule has 0 radical (unpaired) electrons. The van der Waals surface area contributed by atoms with Crippen LogP contribution in [-0.2, 0) is 4.74 Å². The molecule has 1 fully saturated rings. The van der Waals surface area contributed by atoms with E-state index in [0.29, 0.717) is 12.1 Å². The Bertz CT molecular complexity index is 185. The highest BCUT2D eigenvalue weighted by molar-refractivity contribution is 4.82. The first kappa shape index (κ1) is 13.9. The number of rotatable bonds is 7. The molecule has 2 atom stereocenters. The average molecular weight is 228 g/mol. The maximum Gasteiger partial charge on any atom is 0.0630 e. The van der Waals surface area contributed by atoms with Crippen LogP contribution in [0.25, 0.3) is 0 Å². The molecule has 0 amide bonds. The standard InChI is InChI=1S/C13H28N2O/c1-5-12-6-7-15(9-12)13(10-16-4)8-14-11(2)3/h11-14H,5-10H2,1-4H3. The second-order valence-electron chi connectivity index (χ2n) is 5.23. The van der Waals surface area contributed by atoms with E-state index in [1.54, 1.807) is 7.11 Å². The van der Waals surface area contributed by atoms with E-state index < -0.39 is 0 Å². The van der Waals surface area contributed by atoms with E-state index >= 15 is 0 Å². The number of hydrogen-bond acceptors (Lipinski definition) is 3. The van der Waals surface area contributed by atoms with Gasteiger partial charge in [-0.05, 0) is 18.9 Å². The summed E-state index contributed by atoms with van der Waals surface area (Å²) in [4.78, 5) is 2.59. The van der Waals surface area contributed by atoms with Crippen molar-refractivity contribution in [3.8, 4) is 0 Å². The van der Waals surface area contributed by atoms with E-state index in [2.05, 4.69) is 31.0 Å². The SMILES string of the molecule is CCC1CCN(C(CNC(C)C)COC)C1. The summed E-state index contributed by atoms with van der Waals surface area (Å²) in [5.74, 6) is 0.901. The highest BCUT2D eigenvalue weighted by Gasteiger charge is 2.26. The molecule has 96 valence electrons. The summed E-state index contributed by atoms with van der Waals surface area (Å²) in [5, 5.41) is 3.52. The summed E-state index contributed by atoms with van der Waals surface area (Å²) in [6.45, 7) is 11.1. The summed E-state index contributed by atoms with van der Waals surface area (Å²) in [6.07, 6.45) is 2.67. The molecule has 0 aromatic rings. The van der Waals surface area contributed by atoms with Crippen LogP contribution in [0, 0.1) is 5.92 Å². The Morgan fingerprint density at radius 2 is 2.19 bits per heavy atom. The van der Waals surface area contributed by atoms with Crippen molar-refractivity contribution in [3.05, 3.63) is 0 Å². The molecule has 3 nitrogen and oxygen atoms in total. The molecule has 0 saturated carbocycles. The lowest BCUT2D eigenvalue weighted by Gasteiger charge is -2.28. The lowest BCUT2D eigenvalue weighted by molar-refractivity contribution is 0.101. The summed E-state index contributed by atoms with van der Waals surface area (Å²) in [7, 11) is 1.80. The third kappa shape index (κ3) is 4.40. The lowest BCUT2D eigenvalue weighted by atomic mass is 10.1. The minimum Gasteiger partial charge on any atom is -0.383 e. The van der Waals surface area contributed by atoms with Gasteiger partial charge in [-0.25, -0.2) is 0 Å². The van der Waals surface area contributed by atoms with Gasteiger partial charge in [0, 0.05) is 32.3 Å². The molecule has 1 heterocycles. The highest BCUT2D eigenvalue weighted by Crippen LogP contribution is 2.21. The van der Waals surface area contributed by atoms with Crippen molar-refractivity contribution in [1.82, 2.24) is 10.2 Å². The van der Waals surface area contributed by atoms with Gasteiger partial charge in [0.05, 0.1) is 6.61 Å². The molecule has 2 unspecified atom stereocenters. The molecule has 3 heteroatoms. The highest BCUT2D eigenvalue weighted by atomic mass is 16.5. The van der Waals surface area contributed by atoms with E-state index in [-0.39, 0.29) is 0 Å². The van der Waals surface area contributed by atoms with E-state index in [4.69, 9.17) is 4.74 Å². The van der Waals surface area contributed by atoms with Gasteiger partial charge >= 0.3 is 0 Å². The van der Waals surface area contributed by atoms with Gasteiger partial charge in [0.2, 0.25) is 0 Å². The molecule has 1 N–H and O–H groups in total. The predicted molar refractivity (Wildman–Crippen MR) is 68.8 cm³/mol. The van der Waals surface area contributed by atoms with Crippen molar-refractivity contribution in [1.29, 1.82) is 0 Å². The normalized spacial score (nSPS) is 24.2. The van der Waals surface area contributed by atoms with E-state index in [1.165, 1.54) is 25.9 Å². The van der Waals surface area contributed by atoms with Gasteiger partial charge in [0.15, 0.2) is 0 Å². The fraction of sp³-hybridized carbons (Fsp3) is 1.00. The Labute approximate surface area is 101 Å². The number of ether oxygens (including phenoxy) is 1. The zero-order valence-electron chi connectivity index (χ0n) is 11.3. The predicted octanol–water partition coefficient (Wildman–Crippen LogP) is 1.73. The molecule has 16 heavy (non-hydrogen) atoms. The van der Waals surface area contributed by atoms with Gasteiger partial charge in [0.1, 0.15) is 0 Å². The molecule has 0 aliphatic carbocycles. The van der Waals surface area contributed by atoms with Crippen LogP contribution in [-0.4, -0.2) is 50.3 Å². The van der Waals surface area contributed by atoms with Crippen LogP contribution in [0.15, 0.2) is 0 Å².